The third-order valence-electron chi connectivity index (χ3n) is 3.61. The van der Waals surface area contributed by atoms with Crippen molar-refractivity contribution in [3.8, 4) is 0 Å². The van der Waals surface area contributed by atoms with E-state index in [4.69, 9.17) is 5.84 Å². The number of benzene rings is 1. The number of likely N-dealkylation sites (tertiary alicyclic amines) is 1. The molecule has 1 amide bonds. The zero-order valence-electron chi connectivity index (χ0n) is 10.9. The molecule has 0 radical (unpaired) electrons. The number of aliphatic hydroxyl groups excluding tert-OH is 1. The average molecular weight is 272 g/mol. The molecule has 0 aliphatic carbocycles. The van der Waals surface area contributed by atoms with Gasteiger partial charge < -0.3 is 15.4 Å². The summed E-state index contributed by atoms with van der Waals surface area (Å²) in [6.07, 6.45) is 1.73. The molecule has 1 aliphatic rings. The second-order valence-corrected chi connectivity index (χ2v) is 4.90. The van der Waals surface area contributed by atoms with E-state index in [1.807, 2.05) is 24.3 Å². The van der Waals surface area contributed by atoms with E-state index in [0.29, 0.717) is 30.9 Å². The summed E-state index contributed by atoms with van der Waals surface area (Å²) in [5.74, 6) is 5.88. The van der Waals surface area contributed by atoms with Crippen LogP contribution in [0.5, 0.6) is 0 Å². The van der Waals surface area contributed by atoms with Gasteiger partial charge in [0.15, 0.2) is 0 Å². The van der Waals surface area contributed by atoms with Crippen molar-refractivity contribution in [2.24, 2.45) is 5.84 Å². The summed E-state index contributed by atoms with van der Waals surface area (Å²) >= 11 is 0. The van der Waals surface area contributed by atoms with Gasteiger partial charge in [-0.15, -0.1) is 0 Å². The van der Waals surface area contributed by atoms with Crippen LogP contribution in [0, 0.1) is 0 Å². The van der Waals surface area contributed by atoms with Gasteiger partial charge in [-0.3, -0.25) is 4.79 Å². The first-order valence-corrected chi connectivity index (χ1v) is 6.52. The second kappa shape index (κ2) is 5.07. The Labute approximate surface area is 116 Å². The van der Waals surface area contributed by atoms with Crippen LogP contribution in [0.4, 0.5) is 5.82 Å². The number of aliphatic hydroxyl groups is 1. The summed E-state index contributed by atoms with van der Waals surface area (Å²) in [6.45, 7) is 0.954. The maximum absolute atomic E-state index is 12.5. The lowest BCUT2D eigenvalue weighted by molar-refractivity contribution is 0.0766. The van der Waals surface area contributed by atoms with Gasteiger partial charge in [0.2, 0.25) is 0 Å². The Morgan fingerprint density at radius 3 is 2.80 bits per heavy atom. The molecular weight excluding hydrogens is 256 g/mol. The van der Waals surface area contributed by atoms with Crippen LogP contribution in [0.3, 0.4) is 0 Å². The number of anilines is 1. The number of carbonyl (C=O) groups is 1. The van der Waals surface area contributed by atoms with Gasteiger partial charge in [0.05, 0.1) is 11.7 Å². The standard InChI is InChI=1S/C14H16N4O2/c15-17-13-11-4-2-1-3-10(11)12(7-16-13)14(20)18-6-5-9(19)8-18/h1-4,7,9,19H,5-6,8,15H2,(H,16,17). The van der Waals surface area contributed by atoms with Gasteiger partial charge in [0.25, 0.3) is 5.91 Å². The van der Waals surface area contributed by atoms with Crippen LogP contribution in [0.25, 0.3) is 10.8 Å². The molecule has 3 rings (SSSR count). The van der Waals surface area contributed by atoms with Crippen molar-refractivity contribution in [2.75, 3.05) is 18.5 Å². The molecule has 1 unspecified atom stereocenters. The van der Waals surface area contributed by atoms with Crippen molar-refractivity contribution in [2.45, 2.75) is 12.5 Å². The molecular formula is C14H16N4O2. The number of fused-ring (bicyclic) bond motifs is 1. The summed E-state index contributed by atoms with van der Waals surface area (Å²) in [5, 5.41) is 11.2. The number of carbonyl (C=O) groups excluding carboxylic acids is 1. The van der Waals surface area contributed by atoms with Crippen molar-refractivity contribution in [3.63, 3.8) is 0 Å². The first kappa shape index (κ1) is 12.8. The molecule has 20 heavy (non-hydrogen) atoms. The Morgan fingerprint density at radius 1 is 1.40 bits per heavy atom. The smallest absolute Gasteiger partial charge is 0.256 e. The van der Waals surface area contributed by atoms with Crippen molar-refractivity contribution in [3.05, 3.63) is 36.0 Å². The Kier molecular flexibility index (Phi) is 3.25. The van der Waals surface area contributed by atoms with Crippen LogP contribution in [-0.4, -0.2) is 40.1 Å². The third-order valence-corrected chi connectivity index (χ3v) is 3.61. The van der Waals surface area contributed by atoms with E-state index in [1.165, 1.54) is 6.20 Å². The number of hydrazine groups is 1. The predicted octanol–water partition coefficient (Wildman–Crippen LogP) is 0.727. The Bertz CT molecular complexity index is 659. The van der Waals surface area contributed by atoms with Crippen molar-refractivity contribution in [1.82, 2.24) is 9.88 Å². The summed E-state index contributed by atoms with van der Waals surface area (Å²) in [7, 11) is 0. The zero-order chi connectivity index (χ0) is 14.1. The van der Waals surface area contributed by atoms with Crippen molar-refractivity contribution >= 4 is 22.5 Å². The van der Waals surface area contributed by atoms with Gasteiger partial charge in [0.1, 0.15) is 5.82 Å². The summed E-state index contributed by atoms with van der Waals surface area (Å²) in [4.78, 5) is 18.4. The van der Waals surface area contributed by atoms with Crippen LogP contribution < -0.4 is 11.3 Å². The zero-order valence-corrected chi connectivity index (χ0v) is 10.9. The number of nitrogens with one attached hydrogen (secondary N) is 1. The van der Waals surface area contributed by atoms with E-state index in [1.54, 1.807) is 4.90 Å². The molecule has 6 nitrogen and oxygen atoms in total. The molecule has 1 aromatic carbocycles. The maximum Gasteiger partial charge on any atom is 0.256 e. The normalized spacial score (nSPS) is 18.5. The Morgan fingerprint density at radius 2 is 2.15 bits per heavy atom. The quantitative estimate of drug-likeness (QED) is 0.553. The number of β-amino-alcohol motifs (C(OH)–C–C–N with tert-alkyl or cyclic N) is 1. The molecule has 0 saturated carbocycles. The number of nitrogen functional groups attached to an aromatic ring is 1. The molecule has 0 spiro atoms. The minimum Gasteiger partial charge on any atom is -0.391 e. The number of rotatable bonds is 2. The van der Waals surface area contributed by atoms with Crippen molar-refractivity contribution in [1.29, 1.82) is 0 Å². The highest BCUT2D eigenvalue weighted by atomic mass is 16.3. The Hall–Kier alpha value is -2.18. The van der Waals surface area contributed by atoms with Crippen LogP contribution in [-0.2, 0) is 0 Å². The van der Waals surface area contributed by atoms with E-state index >= 15 is 0 Å². The third kappa shape index (κ3) is 2.09. The highest BCUT2D eigenvalue weighted by Gasteiger charge is 2.26. The number of hydrogen-bond acceptors (Lipinski definition) is 5. The van der Waals surface area contributed by atoms with Gasteiger partial charge in [-0.25, -0.2) is 10.8 Å². The highest BCUT2D eigenvalue weighted by Crippen LogP contribution is 2.25. The number of amides is 1. The van der Waals surface area contributed by atoms with E-state index in [-0.39, 0.29) is 5.91 Å². The summed E-state index contributed by atoms with van der Waals surface area (Å²) < 4.78 is 0. The van der Waals surface area contributed by atoms with E-state index in [0.717, 1.165) is 10.8 Å². The van der Waals surface area contributed by atoms with Gasteiger partial charge in [-0.2, -0.15) is 0 Å². The molecule has 1 aliphatic heterocycles. The number of aromatic nitrogens is 1. The van der Waals surface area contributed by atoms with Crippen LogP contribution in [0.15, 0.2) is 30.5 Å². The molecule has 2 heterocycles. The molecule has 6 heteroatoms. The van der Waals surface area contributed by atoms with Gasteiger partial charge in [-0.05, 0) is 11.8 Å². The molecule has 104 valence electrons. The van der Waals surface area contributed by atoms with Gasteiger partial charge in [-0.1, -0.05) is 24.3 Å². The number of nitrogens with zero attached hydrogens (tertiary/aromatic N) is 2. The fourth-order valence-corrected chi connectivity index (χ4v) is 2.57. The van der Waals surface area contributed by atoms with Crippen LogP contribution >= 0.6 is 0 Å². The summed E-state index contributed by atoms with van der Waals surface area (Å²) in [6, 6.07) is 7.49. The minimum absolute atomic E-state index is 0.103. The van der Waals surface area contributed by atoms with E-state index < -0.39 is 6.10 Å². The number of nitrogens with two attached hydrogens (primary N) is 1. The number of pyridine rings is 1. The molecule has 0 bridgehead atoms. The lowest BCUT2D eigenvalue weighted by atomic mass is 10.1. The highest BCUT2D eigenvalue weighted by molar-refractivity contribution is 6.09. The number of hydrogen-bond donors (Lipinski definition) is 3. The van der Waals surface area contributed by atoms with Crippen LogP contribution in [0.1, 0.15) is 16.8 Å². The Balaban J connectivity index is 2.06. The topological polar surface area (TPSA) is 91.5 Å². The average Bonchev–Trinajstić information content (AvgIpc) is 2.92. The minimum atomic E-state index is -0.428. The van der Waals surface area contributed by atoms with Crippen molar-refractivity contribution < 1.29 is 9.90 Å². The molecule has 1 aromatic heterocycles. The first-order chi connectivity index (χ1) is 9.70. The molecule has 1 saturated heterocycles. The fraction of sp³-hybridized carbons (Fsp3) is 0.286. The van der Waals surface area contributed by atoms with E-state index in [9.17, 15) is 9.90 Å². The van der Waals surface area contributed by atoms with Gasteiger partial charge >= 0.3 is 0 Å². The fourth-order valence-electron chi connectivity index (χ4n) is 2.57. The molecule has 1 fully saturated rings. The van der Waals surface area contributed by atoms with Crippen LogP contribution in [0.2, 0.25) is 0 Å². The lowest BCUT2D eigenvalue weighted by Crippen LogP contribution is -2.29. The lowest BCUT2D eigenvalue weighted by Gasteiger charge is -2.17. The SMILES string of the molecule is NNc1ncc(C(=O)N2CCC(O)C2)c2ccccc12. The molecule has 1 atom stereocenters. The largest absolute Gasteiger partial charge is 0.391 e. The van der Waals surface area contributed by atoms with E-state index in [2.05, 4.69) is 10.4 Å². The molecule has 4 N–H and O–H groups in total. The summed E-state index contributed by atoms with van der Waals surface area (Å²) in [5.41, 5.74) is 3.07. The monoisotopic (exact) mass is 272 g/mol. The van der Waals surface area contributed by atoms with Gasteiger partial charge in [0, 0.05) is 24.7 Å². The molecule has 2 aromatic rings. The predicted molar refractivity (Wildman–Crippen MR) is 76.1 cm³/mol. The maximum atomic E-state index is 12.5. The second-order valence-electron chi connectivity index (χ2n) is 4.90. The first-order valence-electron chi connectivity index (χ1n) is 6.52.